The van der Waals surface area contributed by atoms with Gasteiger partial charge in [0.15, 0.2) is 11.5 Å². The van der Waals surface area contributed by atoms with Crippen molar-refractivity contribution in [2.75, 3.05) is 38.0 Å². The van der Waals surface area contributed by atoms with E-state index in [2.05, 4.69) is 9.62 Å². The number of benzene rings is 2. The van der Waals surface area contributed by atoms with Gasteiger partial charge >= 0.3 is 0 Å². The van der Waals surface area contributed by atoms with Gasteiger partial charge in [-0.15, -0.1) is 0 Å². The monoisotopic (exact) mass is 376 g/mol. The van der Waals surface area contributed by atoms with Gasteiger partial charge in [-0.2, -0.15) is 0 Å². The third-order valence-corrected chi connectivity index (χ3v) is 5.83. The van der Waals surface area contributed by atoms with E-state index in [-0.39, 0.29) is 18.2 Å². The van der Waals surface area contributed by atoms with Crippen molar-refractivity contribution in [2.45, 2.75) is 11.4 Å². The molecule has 138 valence electrons. The van der Waals surface area contributed by atoms with Crippen LogP contribution in [0.3, 0.4) is 0 Å². The summed E-state index contributed by atoms with van der Waals surface area (Å²) in [6, 6.07) is 12.5. The van der Waals surface area contributed by atoms with Crippen LogP contribution in [0.2, 0.25) is 0 Å². The van der Waals surface area contributed by atoms with Crippen LogP contribution in [0.25, 0.3) is 0 Å². The third-order valence-electron chi connectivity index (χ3n) is 4.43. The zero-order valence-electron chi connectivity index (χ0n) is 14.2. The highest BCUT2D eigenvalue weighted by atomic mass is 32.2. The van der Waals surface area contributed by atoms with E-state index in [1.165, 1.54) is 12.1 Å². The van der Waals surface area contributed by atoms with Crippen LogP contribution in [-0.4, -0.2) is 41.5 Å². The summed E-state index contributed by atoms with van der Waals surface area (Å²) in [5.74, 6) is 1.00. The second kappa shape index (κ2) is 7.14. The molecule has 0 unspecified atom stereocenters. The Balaban J connectivity index is 1.41. The molecule has 0 amide bonds. The molecule has 8 heteroatoms. The molecule has 2 aliphatic heterocycles. The van der Waals surface area contributed by atoms with Gasteiger partial charge in [-0.05, 0) is 29.8 Å². The molecule has 2 heterocycles. The Morgan fingerprint density at radius 3 is 2.46 bits per heavy atom. The SMILES string of the molecule is O=S(=O)(NCc1ccc(N2CCOCC2)cc1)c1ccc2c(c1)OCO2. The number of anilines is 1. The molecule has 1 N–H and O–H groups in total. The largest absolute Gasteiger partial charge is 0.454 e. The molecule has 1 saturated heterocycles. The molecule has 0 bridgehead atoms. The van der Waals surface area contributed by atoms with Crippen molar-refractivity contribution in [2.24, 2.45) is 0 Å². The molecule has 2 aromatic rings. The van der Waals surface area contributed by atoms with E-state index in [1.807, 2.05) is 24.3 Å². The summed E-state index contributed by atoms with van der Waals surface area (Å²) in [7, 11) is -3.62. The minimum absolute atomic E-state index is 0.113. The quantitative estimate of drug-likeness (QED) is 0.856. The van der Waals surface area contributed by atoms with Gasteiger partial charge in [0.25, 0.3) is 0 Å². The standard InChI is InChI=1S/C18H20N2O5S/c21-26(22,16-5-6-17-18(11-16)25-13-24-17)19-12-14-1-3-15(4-2-14)20-7-9-23-10-8-20/h1-6,11,19H,7-10,12-13H2. The van der Waals surface area contributed by atoms with Gasteiger partial charge in [0.1, 0.15) is 0 Å². The number of hydrogen-bond donors (Lipinski definition) is 1. The van der Waals surface area contributed by atoms with Crippen molar-refractivity contribution < 1.29 is 22.6 Å². The molecule has 2 aliphatic rings. The summed E-state index contributed by atoms with van der Waals surface area (Å²) in [4.78, 5) is 2.41. The molecule has 1 fully saturated rings. The zero-order chi connectivity index (χ0) is 18.0. The van der Waals surface area contributed by atoms with Crippen molar-refractivity contribution in [1.82, 2.24) is 4.72 Å². The van der Waals surface area contributed by atoms with Crippen LogP contribution < -0.4 is 19.1 Å². The van der Waals surface area contributed by atoms with Gasteiger partial charge in [0, 0.05) is 31.4 Å². The van der Waals surface area contributed by atoms with E-state index >= 15 is 0 Å². The summed E-state index contributed by atoms with van der Waals surface area (Å²) in [6.45, 7) is 3.54. The second-order valence-electron chi connectivity index (χ2n) is 6.11. The fourth-order valence-electron chi connectivity index (χ4n) is 2.95. The Labute approximate surface area is 152 Å². The van der Waals surface area contributed by atoms with E-state index in [0.717, 1.165) is 37.6 Å². The third kappa shape index (κ3) is 3.62. The van der Waals surface area contributed by atoms with E-state index in [9.17, 15) is 8.42 Å². The maximum atomic E-state index is 12.5. The van der Waals surface area contributed by atoms with E-state index in [4.69, 9.17) is 14.2 Å². The highest BCUT2D eigenvalue weighted by molar-refractivity contribution is 7.89. The number of nitrogens with one attached hydrogen (secondary N) is 1. The van der Waals surface area contributed by atoms with Crippen LogP contribution in [0.5, 0.6) is 11.5 Å². The molecule has 2 aromatic carbocycles. The van der Waals surface area contributed by atoms with Crippen LogP contribution in [0.4, 0.5) is 5.69 Å². The van der Waals surface area contributed by atoms with Crippen molar-refractivity contribution in [3.05, 3.63) is 48.0 Å². The number of fused-ring (bicyclic) bond motifs is 1. The van der Waals surface area contributed by atoms with E-state index in [1.54, 1.807) is 6.07 Å². The van der Waals surface area contributed by atoms with Gasteiger partial charge in [-0.3, -0.25) is 0 Å². The van der Waals surface area contributed by atoms with Crippen LogP contribution >= 0.6 is 0 Å². The van der Waals surface area contributed by atoms with Crippen molar-refractivity contribution in [1.29, 1.82) is 0 Å². The minimum atomic E-state index is -3.62. The molecule has 0 spiro atoms. The fourth-order valence-corrected chi connectivity index (χ4v) is 3.98. The first-order valence-corrected chi connectivity index (χ1v) is 9.91. The van der Waals surface area contributed by atoms with E-state index in [0.29, 0.717) is 11.5 Å². The molecule has 26 heavy (non-hydrogen) atoms. The molecule has 0 aliphatic carbocycles. The predicted octanol–water partition coefficient (Wildman–Crippen LogP) is 1.73. The number of nitrogens with zero attached hydrogens (tertiary/aromatic N) is 1. The fraction of sp³-hybridized carbons (Fsp3) is 0.333. The predicted molar refractivity (Wildman–Crippen MR) is 96.1 cm³/mol. The maximum absolute atomic E-state index is 12.5. The summed E-state index contributed by atoms with van der Waals surface area (Å²) < 4.78 is 43.4. The van der Waals surface area contributed by atoms with Crippen molar-refractivity contribution in [3.63, 3.8) is 0 Å². The Bertz CT molecular complexity index is 877. The Kier molecular flexibility index (Phi) is 4.71. The molecule has 0 aromatic heterocycles. The lowest BCUT2D eigenvalue weighted by atomic mass is 10.2. The Morgan fingerprint density at radius 2 is 1.69 bits per heavy atom. The molecule has 7 nitrogen and oxygen atoms in total. The summed E-state index contributed by atoms with van der Waals surface area (Å²) >= 11 is 0. The highest BCUT2D eigenvalue weighted by Crippen LogP contribution is 2.33. The average Bonchev–Trinajstić information content (AvgIpc) is 3.15. The van der Waals surface area contributed by atoms with Crippen molar-refractivity contribution >= 4 is 15.7 Å². The first kappa shape index (κ1) is 17.1. The van der Waals surface area contributed by atoms with Gasteiger partial charge < -0.3 is 19.1 Å². The highest BCUT2D eigenvalue weighted by Gasteiger charge is 2.20. The number of hydrogen-bond acceptors (Lipinski definition) is 6. The molecular formula is C18H20N2O5S. The lowest BCUT2D eigenvalue weighted by Gasteiger charge is -2.28. The first-order valence-electron chi connectivity index (χ1n) is 8.43. The van der Waals surface area contributed by atoms with Gasteiger partial charge in [0.05, 0.1) is 18.1 Å². The van der Waals surface area contributed by atoms with Crippen LogP contribution in [0.1, 0.15) is 5.56 Å². The molecule has 4 rings (SSSR count). The van der Waals surface area contributed by atoms with Gasteiger partial charge in [-0.1, -0.05) is 12.1 Å². The van der Waals surface area contributed by atoms with Crippen LogP contribution in [0.15, 0.2) is 47.4 Å². The summed E-state index contributed by atoms with van der Waals surface area (Å²) in [5.41, 5.74) is 2.02. The normalized spacial score (nSPS) is 16.7. The summed E-state index contributed by atoms with van der Waals surface area (Å²) in [6.07, 6.45) is 0. The number of ether oxygens (including phenoxy) is 3. The van der Waals surface area contributed by atoms with Crippen LogP contribution in [-0.2, 0) is 21.3 Å². The number of morpholine rings is 1. The van der Waals surface area contributed by atoms with Crippen LogP contribution in [0, 0.1) is 0 Å². The number of rotatable bonds is 5. The lowest BCUT2D eigenvalue weighted by molar-refractivity contribution is 0.122. The molecular weight excluding hydrogens is 356 g/mol. The topological polar surface area (TPSA) is 77.1 Å². The Morgan fingerprint density at radius 1 is 0.962 bits per heavy atom. The lowest BCUT2D eigenvalue weighted by Crippen LogP contribution is -2.36. The zero-order valence-corrected chi connectivity index (χ0v) is 15.0. The smallest absolute Gasteiger partial charge is 0.241 e. The van der Waals surface area contributed by atoms with Gasteiger partial charge in [-0.25, -0.2) is 13.1 Å². The molecule has 0 atom stereocenters. The van der Waals surface area contributed by atoms with Gasteiger partial charge in [0.2, 0.25) is 16.8 Å². The average molecular weight is 376 g/mol. The molecule has 0 saturated carbocycles. The number of sulfonamides is 1. The minimum Gasteiger partial charge on any atom is -0.454 e. The Hall–Kier alpha value is -2.29. The first-order chi connectivity index (χ1) is 12.6. The maximum Gasteiger partial charge on any atom is 0.241 e. The van der Waals surface area contributed by atoms with E-state index < -0.39 is 10.0 Å². The summed E-state index contributed by atoms with van der Waals surface area (Å²) in [5, 5.41) is 0. The van der Waals surface area contributed by atoms with Crippen molar-refractivity contribution in [3.8, 4) is 11.5 Å². The molecule has 0 radical (unpaired) electrons. The second-order valence-corrected chi connectivity index (χ2v) is 7.87.